The van der Waals surface area contributed by atoms with Gasteiger partial charge in [0, 0.05) is 24.8 Å². The third-order valence-corrected chi connectivity index (χ3v) is 5.12. The second-order valence-corrected chi connectivity index (χ2v) is 6.68. The van der Waals surface area contributed by atoms with E-state index in [4.69, 9.17) is 9.72 Å². The number of rotatable bonds is 3. The van der Waals surface area contributed by atoms with E-state index in [1.807, 2.05) is 37.5 Å². The van der Waals surface area contributed by atoms with E-state index in [2.05, 4.69) is 43.0 Å². The lowest BCUT2D eigenvalue weighted by Gasteiger charge is -2.27. The molecule has 0 unspecified atom stereocenters. The summed E-state index contributed by atoms with van der Waals surface area (Å²) in [7, 11) is 0. The molecule has 25 heavy (non-hydrogen) atoms. The second-order valence-electron chi connectivity index (χ2n) is 5.89. The first kappa shape index (κ1) is 16.2. The van der Waals surface area contributed by atoms with Crippen molar-refractivity contribution < 1.29 is 4.74 Å². The highest BCUT2D eigenvalue weighted by Crippen LogP contribution is 2.26. The maximum absolute atomic E-state index is 5.42. The van der Waals surface area contributed by atoms with Crippen molar-refractivity contribution in [3.05, 3.63) is 52.9 Å². The van der Waals surface area contributed by atoms with Gasteiger partial charge in [0.15, 0.2) is 5.82 Å². The predicted molar refractivity (Wildman–Crippen MR) is 100 cm³/mol. The third-order valence-electron chi connectivity index (χ3n) is 4.19. The molecule has 1 aliphatic rings. The van der Waals surface area contributed by atoms with E-state index in [1.54, 1.807) is 4.68 Å². The smallest absolute Gasteiger partial charge is 0.227 e. The topological polar surface area (TPSA) is 56.1 Å². The number of nitrogens with zero attached hydrogens (tertiary/aromatic N) is 5. The van der Waals surface area contributed by atoms with E-state index in [-0.39, 0.29) is 0 Å². The first-order valence-corrected chi connectivity index (χ1v) is 8.99. The van der Waals surface area contributed by atoms with Crippen molar-refractivity contribution >= 4 is 21.9 Å². The number of hydrogen-bond acceptors (Lipinski definition) is 5. The molecule has 6 nitrogen and oxygen atoms in total. The Hall–Kier alpha value is -2.25. The van der Waals surface area contributed by atoms with Gasteiger partial charge in [0.1, 0.15) is 0 Å². The maximum atomic E-state index is 5.42. The zero-order valence-corrected chi connectivity index (χ0v) is 15.5. The van der Waals surface area contributed by atoms with E-state index in [9.17, 15) is 0 Å². The SMILES string of the molecule is Cc1nc(N2CCOCC2)nc(-n2cc(-c3ccccc3)cn2)c1Br. The molecule has 3 heterocycles. The zero-order chi connectivity index (χ0) is 17.2. The average molecular weight is 400 g/mol. The third kappa shape index (κ3) is 3.29. The molecule has 0 spiro atoms. The molecule has 0 bridgehead atoms. The van der Waals surface area contributed by atoms with Gasteiger partial charge in [0.25, 0.3) is 0 Å². The summed E-state index contributed by atoms with van der Waals surface area (Å²) in [5.41, 5.74) is 3.07. The minimum atomic E-state index is 0.702. The van der Waals surface area contributed by atoms with Crippen LogP contribution in [0.3, 0.4) is 0 Å². The van der Waals surface area contributed by atoms with Crippen LogP contribution >= 0.6 is 15.9 Å². The molecule has 0 radical (unpaired) electrons. The van der Waals surface area contributed by atoms with Crippen LogP contribution in [0.2, 0.25) is 0 Å². The molecule has 0 N–H and O–H groups in total. The number of aryl methyl sites for hydroxylation is 1. The molecule has 0 aliphatic carbocycles. The second kappa shape index (κ2) is 6.93. The Morgan fingerprint density at radius 1 is 1.04 bits per heavy atom. The van der Waals surface area contributed by atoms with E-state index in [0.29, 0.717) is 13.2 Å². The van der Waals surface area contributed by atoms with Gasteiger partial charge < -0.3 is 9.64 Å². The zero-order valence-electron chi connectivity index (χ0n) is 13.9. The first-order chi connectivity index (χ1) is 12.2. The van der Waals surface area contributed by atoms with Gasteiger partial charge in [0.2, 0.25) is 5.95 Å². The van der Waals surface area contributed by atoms with Crippen molar-refractivity contribution in [3.8, 4) is 16.9 Å². The molecule has 7 heteroatoms. The van der Waals surface area contributed by atoms with Crippen molar-refractivity contribution in [2.24, 2.45) is 0 Å². The minimum absolute atomic E-state index is 0.702. The number of morpholine rings is 1. The maximum Gasteiger partial charge on any atom is 0.227 e. The van der Waals surface area contributed by atoms with Gasteiger partial charge in [-0.1, -0.05) is 30.3 Å². The lowest BCUT2D eigenvalue weighted by atomic mass is 10.1. The molecule has 2 aromatic heterocycles. The fourth-order valence-corrected chi connectivity index (χ4v) is 3.16. The summed E-state index contributed by atoms with van der Waals surface area (Å²) in [6.07, 6.45) is 3.85. The quantitative estimate of drug-likeness (QED) is 0.676. The number of hydrogen-bond donors (Lipinski definition) is 0. The van der Waals surface area contributed by atoms with Crippen molar-refractivity contribution in [1.29, 1.82) is 0 Å². The van der Waals surface area contributed by atoms with Crippen LogP contribution in [-0.2, 0) is 4.74 Å². The Bertz CT molecular complexity index is 874. The summed E-state index contributed by atoms with van der Waals surface area (Å²) in [5.74, 6) is 1.46. The number of benzene rings is 1. The molecule has 128 valence electrons. The van der Waals surface area contributed by atoms with Gasteiger partial charge in [-0.25, -0.2) is 9.67 Å². The summed E-state index contributed by atoms with van der Waals surface area (Å²) in [6, 6.07) is 10.2. The molecule has 3 aromatic rings. The van der Waals surface area contributed by atoms with Gasteiger partial charge in [-0.2, -0.15) is 10.1 Å². The van der Waals surface area contributed by atoms with E-state index in [1.165, 1.54) is 0 Å². The lowest BCUT2D eigenvalue weighted by molar-refractivity contribution is 0.122. The average Bonchev–Trinajstić information content (AvgIpc) is 3.15. The van der Waals surface area contributed by atoms with Crippen LogP contribution < -0.4 is 4.90 Å². The highest BCUT2D eigenvalue weighted by molar-refractivity contribution is 9.10. The van der Waals surface area contributed by atoms with Crippen LogP contribution in [0.15, 0.2) is 47.2 Å². The van der Waals surface area contributed by atoms with Gasteiger partial charge in [-0.15, -0.1) is 0 Å². The van der Waals surface area contributed by atoms with Crippen LogP contribution in [0.1, 0.15) is 5.69 Å². The molecular formula is C18H18BrN5O. The fourth-order valence-electron chi connectivity index (χ4n) is 2.80. The molecule has 1 aliphatic heterocycles. The molecule has 0 saturated carbocycles. The monoisotopic (exact) mass is 399 g/mol. The number of ether oxygens (including phenoxy) is 1. The van der Waals surface area contributed by atoms with Crippen molar-refractivity contribution in [2.45, 2.75) is 6.92 Å². The summed E-state index contributed by atoms with van der Waals surface area (Å²) in [5, 5.41) is 4.50. The Morgan fingerprint density at radius 3 is 2.56 bits per heavy atom. The van der Waals surface area contributed by atoms with E-state index >= 15 is 0 Å². The predicted octanol–water partition coefficient (Wildman–Crippen LogP) is 3.24. The van der Waals surface area contributed by atoms with E-state index in [0.717, 1.165) is 46.1 Å². The summed E-state index contributed by atoms with van der Waals surface area (Å²) < 4.78 is 8.07. The van der Waals surface area contributed by atoms with Gasteiger partial charge in [-0.3, -0.25) is 0 Å². The van der Waals surface area contributed by atoms with Crippen LogP contribution in [0.25, 0.3) is 16.9 Å². The van der Waals surface area contributed by atoms with Gasteiger partial charge in [-0.05, 0) is 28.4 Å². The molecular weight excluding hydrogens is 382 g/mol. The number of anilines is 1. The Kier molecular flexibility index (Phi) is 4.50. The highest BCUT2D eigenvalue weighted by atomic mass is 79.9. The molecule has 4 rings (SSSR count). The van der Waals surface area contributed by atoms with Gasteiger partial charge in [0.05, 0.1) is 29.6 Å². The van der Waals surface area contributed by atoms with Crippen LogP contribution in [0.4, 0.5) is 5.95 Å². The Balaban J connectivity index is 1.72. The standard InChI is InChI=1S/C18H18BrN5O/c1-13-16(19)17(22-18(21-13)23-7-9-25-10-8-23)24-12-15(11-20-24)14-5-3-2-4-6-14/h2-6,11-12H,7-10H2,1H3. The van der Waals surface area contributed by atoms with Crippen LogP contribution in [0.5, 0.6) is 0 Å². The normalized spacial score (nSPS) is 14.7. The summed E-state index contributed by atoms with van der Waals surface area (Å²) in [6.45, 7) is 4.98. The molecule has 1 aromatic carbocycles. The first-order valence-electron chi connectivity index (χ1n) is 8.19. The van der Waals surface area contributed by atoms with Crippen LogP contribution in [-0.4, -0.2) is 46.1 Å². The van der Waals surface area contributed by atoms with Crippen molar-refractivity contribution in [2.75, 3.05) is 31.2 Å². The largest absolute Gasteiger partial charge is 0.378 e. The van der Waals surface area contributed by atoms with Gasteiger partial charge >= 0.3 is 0 Å². The number of halogens is 1. The fraction of sp³-hybridized carbons (Fsp3) is 0.278. The van der Waals surface area contributed by atoms with Crippen molar-refractivity contribution in [3.63, 3.8) is 0 Å². The highest BCUT2D eigenvalue weighted by Gasteiger charge is 2.18. The Labute approximate surface area is 154 Å². The molecule has 0 atom stereocenters. The summed E-state index contributed by atoms with van der Waals surface area (Å²) >= 11 is 3.61. The Morgan fingerprint density at radius 2 is 1.80 bits per heavy atom. The molecule has 1 saturated heterocycles. The van der Waals surface area contributed by atoms with E-state index < -0.39 is 0 Å². The molecule has 0 amide bonds. The number of aromatic nitrogens is 4. The summed E-state index contributed by atoms with van der Waals surface area (Å²) in [4.78, 5) is 11.5. The van der Waals surface area contributed by atoms with Crippen molar-refractivity contribution in [1.82, 2.24) is 19.7 Å². The lowest BCUT2D eigenvalue weighted by Crippen LogP contribution is -2.37. The minimum Gasteiger partial charge on any atom is -0.378 e. The molecule has 1 fully saturated rings. The van der Waals surface area contributed by atoms with Crippen LogP contribution in [0, 0.1) is 6.92 Å².